The SMILES string of the molecule is C.N=C1CC2=C(C=CCC2)c2ccc3cccc(-c4ccccc4)c3c21.c1ccc2nnccc2c1. The highest BCUT2D eigenvalue weighted by Crippen LogP contribution is 2.42. The first-order chi connectivity index (χ1) is 17.3. The Labute approximate surface area is 212 Å². The van der Waals surface area contributed by atoms with Crippen molar-refractivity contribution in [3.05, 3.63) is 126 Å². The zero-order chi connectivity index (χ0) is 23.6. The van der Waals surface area contributed by atoms with E-state index in [1.807, 2.05) is 30.3 Å². The minimum Gasteiger partial charge on any atom is -0.304 e. The van der Waals surface area contributed by atoms with Crippen LogP contribution >= 0.6 is 0 Å². The third-order valence-electron chi connectivity index (χ3n) is 6.81. The Bertz CT molecular complexity index is 1560. The molecule has 5 aromatic rings. The number of rotatable bonds is 1. The van der Waals surface area contributed by atoms with Crippen LogP contribution in [0.1, 0.15) is 37.8 Å². The van der Waals surface area contributed by atoms with E-state index in [1.54, 1.807) is 6.20 Å². The summed E-state index contributed by atoms with van der Waals surface area (Å²) in [6.45, 7) is 0. The van der Waals surface area contributed by atoms with Gasteiger partial charge in [0.05, 0.1) is 11.7 Å². The molecule has 0 amide bonds. The molecule has 1 N–H and O–H groups in total. The molecule has 2 aliphatic carbocycles. The number of nitrogens with one attached hydrogen (secondary N) is 1. The van der Waals surface area contributed by atoms with Crippen LogP contribution in [-0.4, -0.2) is 15.9 Å². The summed E-state index contributed by atoms with van der Waals surface area (Å²) < 4.78 is 0. The second-order valence-electron chi connectivity index (χ2n) is 8.96. The van der Waals surface area contributed by atoms with E-state index in [-0.39, 0.29) is 7.43 Å². The number of allylic oxidation sites excluding steroid dienone is 4. The van der Waals surface area contributed by atoms with E-state index in [9.17, 15) is 0 Å². The highest BCUT2D eigenvalue weighted by molar-refractivity contribution is 6.20. The van der Waals surface area contributed by atoms with E-state index in [0.717, 1.165) is 41.4 Å². The van der Waals surface area contributed by atoms with Crippen LogP contribution in [0.25, 0.3) is 38.4 Å². The number of nitrogens with zero attached hydrogens (tertiary/aromatic N) is 2. The van der Waals surface area contributed by atoms with Crippen LogP contribution < -0.4 is 0 Å². The maximum atomic E-state index is 8.78. The quantitative estimate of drug-likeness (QED) is 0.268. The monoisotopic (exact) mass is 467 g/mol. The number of hydrogen-bond acceptors (Lipinski definition) is 3. The Morgan fingerprint density at radius 2 is 1.53 bits per heavy atom. The fourth-order valence-corrected chi connectivity index (χ4v) is 5.18. The smallest absolute Gasteiger partial charge is 0.0929 e. The molecule has 0 radical (unpaired) electrons. The van der Waals surface area contributed by atoms with Crippen molar-refractivity contribution in [2.75, 3.05) is 0 Å². The van der Waals surface area contributed by atoms with E-state index in [0.29, 0.717) is 0 Å². The zero-order valence-corrected chi connectivity index (χ0v) is 19.4. The van der Waals surface area contributed by atoms with E-state index >= 15 is 0 Å². The van der Waals surface area contributed by atoms with Crippen molar-refractivity contribution in [3.8, 4) is 11.1 Å². The lowest BCUT2D eigenvalue weighted by Gasteiger charge is -2.27. The fourth-order valence-electron chi connectivity index (χ4n) is 5.18. The Kier molecular flexibility index (Phi) is 6.55. The summed E-state index contributed by atoms with van der Waals surface area (Å²) in [6.07, 6.45) is 9.21. The molecular formula is C33H29N3. The molecule has 0 saturated heterocycles. The molecule has 4 aromatic carbocycles. The predicted octanol–water partition coefficient (Wildman–Crippen LogP) is 8.65. The molecule has 176 valence electrons. The van der Waals surface area contributed by atoms with E-state index in [2.05, 4.69) is 83.0 Å². The summed E-state index contributed by atoms with van der Waals surface area (Å²) in [7, 11) is 0. The minimum atomic E-state index is 0. The molecule has 7 rings (SSSR count). The second kappa shape index (κ2) is 10.1. The van der Waals surface area contributed by atoms with Crippen molar-refractivity contribution >= 4 is 33.0 Å². The molecule has 3 nitrogen and oxygen atoms in total. The van der Waals surface area contributed by atoms with Gasteiger partial charge in [0.15, 0.2) is 0 Å². The summed E-state index contributed by atoms with van der Waals surface area (Å²) in [4.78, 5) is 0. The third-order valence-corrected chi connectivity index (χ3v) is 6.81. The van der Waals surface area contributed by atoms with Crippen molar-refractivity contribution in [3.63, 3.8) is 0 Å². The fraction of sp³-hybridized carbons (Fsp3) is 0.121. The lowest BCUT2D eigenvalue weighted by Crippen LogP contribution is -2.14. The molecule has 2 aliphatic rings. The minimum absolute atomic E-state index is 0. The van der Waals surface area contributed by atoms with Crippen LogP contribution in [-0.2, 0) is 0 Å². The van der Waals surface area contributed by atoms with Crippen LogP contribution in [0.2, 0.25) is 0 Å². The van der Waals surface area contributed by atoms with Gasteiger partial charge in [-0.1, -0.05) is 104 Å². The number of fused-ring (bicyclic) bond motifs is 5. The lowest BCUT2D eigenvalue weighted by molar-refractivity contribution is 0.935. The van der Waals surface area contributed by atoms with Crippen LogP contribution in [0.15, 0.2) is 115 Å². The first kappa shape index (κ1) is 23.4. The molecular weight excluding hydrogens is 438 g/mol. The maximum Gasteiger partial charge on any atom is 0.0929 e. The van der Waals surface area contributed by atoms with Gasteiger partial charge in [-0.15, -0.1) is 0 Å². The molecule has 3 heteroatoms. The molecule has 1 aromatic heterocycles. The van der Waals surface area contributed by atoms with Crippen LogP contribution in [0.4, 0.5) is 0 Å². The van der Waals surface area contributed by atoms with Gasteiger partial charge in [-0.2, -0.15) is 10.2 Å². The van der Waals surface area contributed by atoms with Crippen molar-refractivity contribution in [2.45, 2.75) is 26.7 Å². The molecule has 0 atom stereocenters. The van der Waals surface area contributed by atoms with Crippen LogP contribution in [0, 0.1) is 5.41 Å². The molecule has 36 heavy (non-hydrogen) atoms. The van der Waals surface area contributed by atoms with Crippen molar-refractivity contribution < 1.29 is 0 Å². The molecule has 0 bridgehead atoms. The average Bonchev–Trinajstić information content (AvgIpc) is 2.93. The number of aromatic nitrogens is 2. The van der Waals surface area contributed by atoms with E-state index in [4.69, 9.17) is 5.41 Å². The number of benzene rings is 4. The van der Waals surface area contributed by atoms with Gasteiger partial charge < -0.3 is 5.41 Å². The number of hydrogen-bond donors (Lipinski definition) is 1. The van der Waals surface area contributed by atoms with Crippen molar-refractivity contribution in [1.29, 1.82) is 5.41 Å². The Hall–Kier alpha value is -4.37. The topological polar surface area (TPSA) is 49.6 Å². The van der Waals surface area contributed by atoms with Crippen molar-refractivity contribution in [1.82, 2.24) is 10.2 Å². The predicted molar refractivity (Wildman–Crippen MR) is 152 cm³/mol. The summed E-state index contributed by atoms with van der Waals surface area (Å²) in [5.41, 5.74) is 9.29. The highest BCUT2D eigenvalue weighted by atomic mass is 15.1. The zero-order valence-electron chi connectivity index (χ0n) is 19.4. The van der Waals surface area contributed by atoms with Crippen molar-refractivity contribution in [2.24, 2.45) is 0 Å². The van der Waals surface area contributed by atoms with Gasteiger partial charge in [0.2, 0.25) is 0 Å². The van der Waals surface area contributed by atoms with Gasteiger partial charge in [-0.05, 0) is 58.0 Å². The average molecular weight is 468 g/mol. The third kappa shape index (κ3) is 4.25. The molecule has 1 heterocycles. The van der Waals surface area contributed by atoms with Gasteiger partial charge in [0, 0.05) is 23.1 Å². The molecule has 0 spiro atoms. The second-order valence-corrected chi connectivity index (χ2v) is 8.96. The van der Waals surface area contributed by atoms with Gasteiger partial charge in [0.1, 0.15) is 0 Å². The van der Waals surface area contributed by atoms with Gasteiger partial charge in [-0.3, -0.25) is 0 Å². The molecule has 0 fully saturated rings. The summed E-state index contributed by atoms with van der Waals surface area (Å²) in [6, 6.07) is 31.3. The summed E-state index contributed by atoms with van der Waals surface area (Å²) in [5.74, 6) is 0. The molecule has 0 aliphatic heterocycles. The largest absolute Gasteiger partial charge is 0.304 e. The Balaban J connectivity index is 0.000000204. The Morgan fingerprint density at radius 1 is 0.722 bits per heavy atom. The molecule has 0 saturated carbocycles. The Morgan fingerprint density at radius 3 is 2.39 bits per heavy atom. The molecule has 0 unspecified atom stereocenters. The lowest BCUT2D eigenvalue weighted by atomic mass is 9.77. The maximum absolute atomic E-state index is 8.78. The standard InChI is InChI=1S/C24H19N.C8H6N2.CH4/c25-22-15-18-9-4-5-11-19(18)21-14-13-17-10-6-12-20(23(17)24(21)22)16-7-2-1-3-8-16;1-2-4-8-7(3-1)5-6-9-10-8;/h1-3,5-8,10-14,25H,4,9,15H2;1-6H;1H4. The normalized spacial score (nSPS) is 13.9. The first-order valence-electron chi connectivity index (χ1n) is 12.0. The first-order valence-corrected chi connectivity index (χ1v) is 12.0. The van der Waals surface area contributed by atoms with Gasteiger partial charge >= 0.3 is 0 Å². The van der Waals surface area contributed by atoms with Crippen LogP contribution in [0.3, 0.4) is 0 Å². The highest BCUT2D eigenvalue weighted by Gasteiger charge is 2.25. The van der Waals surface area contributed by atoms with E-state index in [1.165, 1.54) is 38.6 Å². The van der Waals surface area contributed by atoms with E-state index < -0.39 is 0 Å². The van der Waals surface area contributed by atoms with Crippen LogP contribution in [0.5, 0.6) is 0 Å². The van der Waals surface area contributed by atoms with Gasteiger partial charge in [0.25, 0.3) is 0 Å². The summed E-state index contributed by atoms with van der Waals surface area (Å²) >= 11 is 0. The summed E-state index contributed by atoms with van der Waals surface area (Å²) in [5, 5.41) is 20.0. The van der Waals surface area contributed by atoms with Gasteiger partial charge in [-0.25, -0.2) is 0 Å².